The summed E-state index contributed by atoms with van der Waals surface area (Å²) in [5.41, 5.74) is 2.20. The molecular weight excluding hydrogens is 479 g/mol. The monoisotopic (exact) mass is 512 g/mol. The van der Waals surface area contributed by atoms with Gasteiger partial charge in [0, 0.05) is 20.1 Å². The van der Waals surface area contributed by atoms with Crippen LogP contribution in [0, 0.1) is 6.92 Å². The van der Waals surface area contributed by atoms with Crippen LogP contribution in [0.1, 0.15) is 49.7 Å². The third kappa shape index (κ3) is 7.43. The number of benzene rings is 1. The molecule has 1 unspecified atom stereocenters. The first-order valence-electron chi connectivity index (χ1n) is 9.49. The summed E-state index contributed by atoms with van der Waals surface area (Å²) in [6.45, 7) is 13.4. The Morgan fingerprint density at radius 1 is 1.24 bits per heavy atom. The Balaban J connectivity index is 0.00000420. The van der Waals surface area contributed by atoms with Crippen molar-refractivity contribution in [2.24, 2.45) is 12.0 Å². The van der Waals surface area contributed by atoms with Crippen molar-refractivity contribution >= 4 is 29.9 Å². The van der Waals surface area contributed by atoms with Crippen LogP contribution in [0.4, 0.5) is 0 Å². The smallest absolute Gasteiger partial charge is 0.192 e. The highest BCUT2D eigenvalue weighted by Crippen LogP contribution is 2.23. The molecule has 1 atom stereocenters. The van der Waals surface area contributed by atoms with E-state index in [1.807, 2.05) is 30.7 Å². The number of aliphatic imine (C=N–C) groups is 1. The second-order valence-electron chi connectivity index (χ2n) is 7.83. The maximum Gasteiger partial charge on any atom is 0.192 e. The van der Waals surface area contributed by atoms with E-state index in [2.05, 4.69) is 65.3 Å². The third-order valence-corrected chi connectivity index (χ3v) is 4.60. The van der Waals surface area contributed by atoms with Crippen LogP contribution in [-0.4, -0.2) is 38.9 Å². The SMILES string of the molecule is C=CCNC(=NCc1nnc(C)n1C)NCC(O)c1ccc(C(C)(C)C)cc1.I. The molecule has 0 spiro atoms. The van der Waals surface area contributed by atoms with Crippen molar-refractivity contribution in [3.05, 3.63) is 59.7 Å². The molecule has 0 fully saturated rings. The van der Waals surface area contributed by atoms with Crippen LogP contribution in [0.5, 0.6) is 0 Å². The molecule has 0 radical (unpaired) electrons. The predicted octanol–water partition coefficient (Wildman–Crippen LogP) is 2.99. The minimum absolute atomic E-state index is 0. The minimum atomic E-state index is -0.637. The highest BCUT2D eigenvalue weighted by atomic mass is 127. The first-order valence-corrected chi connectivity index (χ1v) is 9.49. The number of aromatic nitrogens is 3. The van der Waals surface area contributed by atoms with E-state index < -0.39 is 6.10 Å². The zero-order valence-corrected chi connectivity index (χ0v) is 20.3. The molecule has 0 aliphatic heterocycles. The summed E-state index contributed by atoms with van der Waals surface area (Å²) in [4.78, 5) is 4.53. The molecule has 1 heterocycles. The Morgan fingerprint density at radius 3 is 2.41 bits per heavy atom. The van der Waals surface area contributed by atoms with Gasteiger partial charge >= 0.3 is 0 Å². The van der Waals surface area contributed by atoms with Gasteiger partial charge in [0.25, 0.3) is 0 Å². The van der Waals surface area contributed by atoms with Crippen molar-refractivity contribution in [2.45, 2.75) is 45.8 Å². The van der Waals surface area contributed by atoms with Gasteiger partial charge in [0.15, 0.2) is 11.8 Å². The van der Waals surface area contributed by atoms with E-state index in [1.54, 1.807) is 6.08 Å². The average Bonchev–Trinajstić information content (AvgIpc) is 2.98. The van der Waals surface area contributed by atoms with Gasteiger partial charge in [-0.1, -0.05) is 51.1 Å². The van der Waals surface area contributed by atoms with Crippen molar-refractivity contribution in [3.8, 4) is 0 Å². The standard InChI is InChI=1S/C21H32N6O.HI/c1-7-12-22-20(24-14-19-26-25-15(2)27(19)6)23-13-18(28)16-8-10-17(11-9-16)21(3,4)5;/h7-11,18,28H,1,12-14H2,2-6H3,(H2,22,23,24);1H. The van der Waals surface area contributed by atoms with Crippen LogP contribution in [0.15, 0.2) is 41.9 Å². The van der Waals surface area contributed by atoms with Gasteiger partial charge < -0.3 is 20.3 Å². The Morgan fingerprint density at radius 2 is 1.90 bits per heavy atom. The van der Waals surface area contributed by atoms with Gasteiger partial charge in [-0.25, -0.2) is 4.99 Å². The number of nitrogens with zero attached hydrogens (tertiary/aromatic N) is 4. The summed E-state index contributed by atoms with van der Waals surface area (Å²) in [7, 11) is 1.91. The minimum Gasteiger partial charge on any atom is -0.387 e. The molecule has 0 saturated carbocycles. The number of guanidine groups is 1. The van der Waals surface area contributed by atoms with Gasteiger partial charge in [0.05, 0.1) is 6.10 Å². The fourth-order valence-electron chi connectivity index (χ4n) is 2.60. The maximum atomic E-state index is 10.5. The topological polar surface area (TPSA) is 87.4 Å². The van der Waals surface area contributed by atoms with Crippen molar-refractivity contribution in [2.75, 3.05) is 13.1 Å². The van der Waals surface area contributed by atoms with Crippen molar-refractivity contribution in [1.82, 2.24) is 25.4 Å². The molecule has 8 heteroatoms. The van der Waals surface area contributed by atoms with E-state index in [4.69, 9.17) is 0 Å². The molecule has 7 nitrogen and oxygen atoms in total. The Labute approximate surface area is 190 Å². The van der Waals surface area contributed by atoms with E-state index in [0.717, 1.165) is 17.2 Å². The number of aliphatic hydroxyl groups is 1. The van der Waals surface area contributed by atoms with Crippen LogP contribution in [0.2, 0.25) is 0 Å². The van der Waals surface area contributed by atoms with Crippen molar-refractivity contribution in [3.63, 3.8) is 0 Å². The van der Waals surface area contributed by atoms with Crippen LogP contribution in [-0.2, 0) is 19.0 Å². The molecule has 0 bridgehead atoms. The molecule has 2 aromatic rings. The van der Waals surface area contributed by atoms with Crippen LogP contribution < -0.4 is 10.6 Å². The first kappa shape index (κ1) is 25.1. The van der Waals surface area contributed by atoms with Gasteiger partial charge in [-0.05, 0) is 23.5 Å². The Bertz CT molecular complexity index is 808. The van der Waals surface area contributed by atoms with Gasteiger partial charge in [-0.2, -0.15) is 0 Å². The largest absolute Gasteiger partial charge is 0.387 e. The molecule has 2 rings (SSSR count). The van der Waals surface area contributed by atoms with Crippen LogP contribution in [0.3, 0.4) is 0 Å². The lowest BCUT2D eigenvalue weighted by molar-refractivity contribution is 0.181. The van der Waals surface area contributed by atoms with E-state index >= 15 is 0 Å². The molecule has 29 heavy (non-hydrogen) atoms. The lowest BCUT2D eigenvalue weighted by Crippen LogP contribution is -2.39. The fraction of sp³-hybridized carbons (Fsp3) is 0.476. The van der Waals surface area contributed by atoms with E-state index in [-0.39, 0.29) is 29.4 Å². The number of hydrogen-bond acceptors (Lipinski definition) is 4. The molecule has 0 aliphatic rings. The summed E-state index contributed by atoms with van der Waals surface area (Å²) in [6, 6.07) is 8.09. The van der Waals surface area contributed by atoms with Gasteiger partial charge in [-0.3, -0.25) is 0 Å². The van der Waals surface area contributed by atoms with Crippen LogP contribution in [0.25, 0.3) is 0 Å². The predicted molar refractivity (Wildman–Crippen MR) is 129 cm³/mol. The number of halogens is 1. The number of hydrogen-bond donors (Lipinski definition) is 3. The number of nitrogens with one attached hydrogen (secondary N) is 2. The van der Waals surface area contributed by atoms with Crippen molar-refractivity contribution < 1.29 is 5.11 Å². The Kier molecular flexibility index (Phi) is 9.78. The van der Waals surface area contributed by atoms with E-state index in [0.29, 0.717) is 25.6 Å². The molecule has 0 amide bonds. The lowest BCUT2D eigenvalue weighted by atomic mass is 9.86. The molecule has 1 aromatic carbocycles. The Hall–Kier alpha value is -1.94. The third-order valence-electron chi connectivity index (χ3n) is 4.60. The lowest BCUT2D eigenvalue weighted by Gasteiger charge is -2.20. The van der Waals surface area contributed by atoms with Gasteiger partial charge in [0.1, 0.15) is 12.4 Å². The second kappa shape index (κ2) is 11.3. The zero-order valence-electron chi connectivity index (χ0n) is 17.9. The molecule has 3 N–H and O–H groups in total. The van der Waals surface area contributed by atoms with E-state index in [1.165, 1.54) is 5.56 Å². The number of aryl methyl sites for hydroxylation is 1. The number of rotatable bonds is 7. The quantitative estimate of drug-likeness (QED) is 0.230. The molecule has 160 valence electrons. The maximum absolute atomic E-state index is 10.5. The fourth-order valence-corrected chi connectivity index (χ4v) is 2.60. The van der Waals surface area contributed by atoms with E-state index in [9.17, 15) is 5.11 Å². The first-order chi connectivity index (χ1) is 13.2. The second-order valence-corrected chi connectivity index (χ2v) is 7.83. The highest BCUT2D eigenvalue weighted by Gasteiger charge is 2.15. The zero-order chi connectivity index (χ0) is 20.7. The molecular formula is C21H33IN6O. The highest BCUT2D eigenvalue weighted by molar-refractivity contribution is 14.0. The molecule has 1 aromatic heterocycles. The average molecular weight is 512 g/mol. The summed E-state index contributed by atoms with van der Waals surface area (Å²) in [6.07, 6.45) is 1.12. The normalized spacial score (nSPS) is 12.8. The molecule has 0 saturated heterocycles. The summed E-state index contributed by atoms with van der Waals surface area (Å²) in [5.74, 6) is 2.20. The number of aliphatic hydroxyl groups excluding tert-OH is 1. The van der Waals surface area contributed by atoms with Crippen molar-refractivity contribution in [1.29, 1.82) is 0 Å². The van der Waals surface area contributed by atoms with Gasteiger partial charge in [-0.15, -0.1) is 40.8 Å². The van der Waals surface area contributed by atoms with Crippen LogP contribution >= 0.6 is 24.0 Å². The summed E-state index contributed by atoms with van der Waals surface area (Å²) in [5, 5.41) is 25.0. The molecule has 0 aliphatic carbocycles. The summed E-state index contributed by atoms with van der Waals surface area (Å²) >= 11 is 0. The summed E-state index contributed by atoms with van der Waals surface area (Å²) < 4.78 is 1.90. The van der Waals surface area contributed by atoms with Gasteiger partial charge in [0.2, 0.25) is 0 Å².